The first kappa shape index (κ1) is 27.7. The second-order valence-electron chi connectivity index (χ2n) is 7.38. The van der Waals surface area contributed by atoms with Crippen molar-refractivity contribution >= 4 is 59.6 Å². The summed E-state index contributed by atoms with van der Waals surface area (Å²) in [6, 6.07) is 15.5. The van der Waals surface area contributed by atoms with Crippen LogP contribution < -0.4 is 14.8 Å². The Hall–Kier alpha value is -1.58. The molecule has 0 bridgehead atoms. The van der Waals surface area contributed by atoms with Gasteiger partial charge in [0, 0.05) is 25.0 Å². The number of methoxy groups -OCH3 is 2. The van der Waals surface area contributed by atoms with Crippen molar-refractivity contribution in [2.24, 2.45) is 0 Å². The van der Waals surface area contributed by atoms with Crippen molar-refractivity contribution in [2.75, 3.05) is 26.1 Å². The van der Waals surface area contributed by atoms with Crippen LogP contribution in [0.3, 0.4) is 0 Å². The molecule has 0 aliphatic carbocycles. The zero-order valence-corrected chi connectivity index (χ0v) is 23.5. The summed E-state index contributed by atoms with van der Waals surface area (Å²) < 4.78 is 10.2. The molecule has 0 radical (unpaired) electrons. The van der Waals surface area contributed by atoms with Crippen molar-refractivity contribution in [3.63, 3.8) is 0 Å². The fourth-order valence-corrected chi connectivity index (χ4v) is 5.04. The molecule has 0 aromatic heterocycles. The topological polar surface area (TPSA) is 67.9 Å². The molecule has 3 rings (SSSR count). The summed E-state index contributed by atoms with van der Waals surface area (Å²) in [6.45, 7) is 2.05. The molecule has 6 nitrogen and oxygen atoms in total. The smallest absolute Gasteiger partial charge is 0.236 e. The van der Waals surface area contributed by atoms with Gasteiger partial charge in [0.1, 0.15) is 11.5 Å². The third-order valence-electron chi connectivity index (χ3n) is 5.04. The number of ether oxygens (including phenoxy) is 2. The third-order valence-corrected chi connectivity index (χ3v) is 7.22. The van der Waals surface area contributed by atoms with Crippen LogP contribution in [-0.2, 0) is 22.7 Å². The van der Waals surface area contributed by atoms with Gasteiger partial charge in [-0.2, -0.15) is 0 Å². The predicted molar refractivity (Wildman–Crippen MR) is 142 cm³/mol. The van der Waals surface area contributed by atoms with E-state index in [1.165, 1.54) is 0 Å². The van der Waals surface area contributed by atoms with E-state index in [0.29, 0.717) is 13.1 Å². The highest BCUT2D eigenvalue weighted by Gasteiger charge is 2.29. The van der Waals surface area contributed by atoms with Gasteiger partial charge in [0.15, 0.2) is 0 Å². The molecule has 2 unspecified atom stereocenters. The molecule has 2 atom stereocenters. The van der Waals surface area contributed by atoms with Crippen molar-refractivity contribution in [3.8, 4) is 11.5 Å². The quantitative estimate of drug-likeness (QED) is 0.387. The normalized spacial score (nSPS) is 16.0. The molecule has 9 heteroatoms. The molecule has 1 aliphatic rings. The third kappa shape index (κ3) is 9.29. The summed E-state index contributed by atoms with van der Waals surface area (Å²) in [7, 11) is 3.28. The molecule has 1 fully saturated rings. The van der Waals surface area contributed by atoms with E-state index in [4.69, 9.17) is 9.47 Å². The maximum absolute atomic E-state index is 11.7. The molecule has 1 aliphatic heterocycles. The highest BCUT2D eigenvalue weighted by molar-refractivity contribution is 9.10. The molecular formula is C24H29Br3N2O4. The minimum atomic E-state index is -0.139. The van der Waals surface area contributed by atoms with Crippen LogP contribution in [0.4, 0.5) is 0 Å². The van der Waals surface area contributed by atoms with Gasteiger partial charge >= 0.3 is 0 Å². The summed E-state index contributed by atoms with van der Waals surface area (Å²) in [5.41, 5.74) is 2.19. The Labute approximate surface area is 220 Å². The van der Waals surface area contributed by atoms with Crippen LogP contribution in [0.15, 0.2) is 48.5 Å². The molecule has 2 aromatic rings. The Balaban J connectivity index is 0.000000234. The number of carbonyl (C=O) groups excluding carboxylic acids is 2. The molecule has 2 aromatic carbocycles. The number of nitrogens with zero attached hydrogens (tertiary/aromatic N) is 1. The van der Waals surface area contributed by atoms with E-state index in [2.05, 4.69) is 53.1 Å². The van der Waals surface area contributed by atoms with Crippen LogP contribution in [-0.4, -0.2) is 52.5 Å². The first-order valence-corrected chi connectivity index (χ1v) is 13.5. The van der Waals surface area contributed by atoms with Crippen LogP contribution in [0.5, 0.6) is 11.5 Å². The average Bonchev–Trinajstić information content (AvgIpc) is 3.16. The number of rotatable bonds is 9. The van der Waals surface area contributed by atoms with E-state index in [1.54, 1.807) is 14.2 Å². The Morgan fingerprint density at radius 1 is 1.06 bits per heavy atom. The lowest BCUT2D eigenvalue weighted by molar-refractivity contribution is -0.127. The molecule has 2 amide bonds. The number of hydrogen-bond acceptors (Lipinski definition) is 4. The molecule has 1 N–H and O–H groups in total. The van der Waals surface area contributed by atoms with Crippen molar-refractivity contribution in [1.82, 2.24) is 10.2 Å². The Morgan fingerprint density at radius 2 is 1.61 bits per heavy atom. The molecular weight excluding hydrogens is 620 g/mol. The van der Waals surface area contributed by atoms with E-state index < -0.39 is 0 Å². The minimum absolute atomic E-state index is 0.00532. The number of hydrogen-bond donors (Lipinski definition) is 1. The monoisotopic (exact) mass is 646 g/mol. The van der Waals surface area contributed by atoms with Gasteiger partial charge in [-0.3, -0.25) is 9.59 Å². The van der Waals surface area contributed by atoms with Crippen molar-refractivity contribution in [3.05, 3.63) is 59.7 Å². The first-order chi connectivity index (χ1) is 15.9. The van der Waals surface area contributed by atoms with Crippen LogP contribution in [0.2, 0.25) is 0 Å². The van der Waals surface area contributed by atoms with Gasteiger partial charge in [0.25, 0.3) is 0 Å². The van der Waals surface area contributed by atoms with Crippen molar-refractivity contribution in [1.29, 1.82) is 0 Å². The van der Waals surface area contributed by atoms with Gasteiger partial charge in [0.05, 0.1) is 23.9 Å². The molecule has 33 heavy (non-hydrogen) atoms. The van der Waals surface area contributed by atoms with Crippen LogP contribution in [0.1, 0.15) is 24.0 Å². The van der Waals surface area contributed by atoms with Crippen LogP contribution in [0.25, 0.3) is 0 Å². The van der Waals surface area contributed by atoms with Gasteiger partial charge in [-0.1, -0.05) is 72.1 Å². The number of carbonyl (C=O) groups is 2. The SMILES string of the molecule is COc1ccc(CN2CCC(Br)C2=O)cc1.COc1ccc(CNC(=O)C(Br)CCBr)cc1. The molecule has 1 heterocycles. The highest BCUT2D eigenvalue weighted by atomic mass is 79.9. The van der Waals surface area contributed by atoms with Crippen molar-refractivity contribution < 1.29 is 19.1 Å². The second kappa shape index (κ2) is 14.6. The number of nitrogens with one attached hydrogen (secondary N) is 1. The molecule has 0 saturated carbocycles. The van der Waals surface area contributed by atoms with Gasteiger partial charge in [-0.25, -0.2) is 0 Å². The van der Waals surface area contributed by atoms with E-state index in [-0.39, 0.29) is 21.5 Å². The van der Waals surface area contributed by atoms with E-state index >= 15 is 0 Å². The van der Waals surface area contributed by atoms with E-state index in [1.807, 2.05) is 53.4 Å². The molecule has 180 valence electrons. The van der Waals surface area contributed by atoms with Crippen LogP contribution >= 0.6 is 47.8 Å². The lowest BCUT2D eigenvalue weighted by Crippen LogP contribution is -2.30. The Bertz CT molecular complexity index is 878. The van der Waals surface area contributed by atoms with E-state index in [9.17, 15) is 9.59 Å². The predicted octanol–water partition coefficient (Wildman–Crippen LogP) is 5.05. The Morgan fingerprint density at radius 3 is 2.06 bits per heavy atom. The molecule has 0 spiro atoms. The van der Waals surface area contributed by atoms with Gasteiger partial charge < -0.3 is 19.7 Å². The van der Waals surface area contributed by atoms with Gasteiger partial charge in [0.2, 0.25) is 11.8 Å². The zero-order valence-electron chi connectivity index (χ0n) is 18.7. The maximum atomic E-state index is 11.7. The highest BCUT2D eigenvalue weighted by Crippen LogP contribution is 2.21. The van der Waals surface area contributed by atoms with Crippen LogP contribution in [0, 0.1) is 0 Å². The lowest BCUT2D eigenvalue weighted by Gasteiger charge is -2.15. The fraction of sp³-hybridized carbons (Fsp3) is 0.417. The minimum Gasteiger partial charge on any atom is -0.497 e. The van der Waals surface area contributed by atoms with E-state index in [0.717, 1.165) is 47.3 Å². The summed E-state index contributed by atoms with van der Waals surface area (Å²) in [6.07, 6.45) is 1.67. The number of benzene rings is 2. The lowest BCUT2D eigenvalue weighted by atomic mass is 10.2. The van der Waals surface area contributed by atoms with Gasteiger partial charge in [-0.05, 0) is 48.2 Å². The number of amides is 2. The number of likely N-dealkylation sites (tertiary alicyclic amines) is 1. The average molecular weight is 649 g/mol. The standard InChI is InChI=1S/C12H15Br2NO2.C12H14BrNO2/c1-17-10-4-2-9(3-5-10)8-15-12(16)11(14)6-7-13;1-16-10-4-2-9(3-5-10)8-14-7-6-11(13)12(14)15/h2-5,11H,6-8H2,1H3,(H,15,16);2-5,11H,6-8H2,1H3. The second-order valence-corrected chi connectivity index (χ2v) is 10.4. The largest absolute Gasteiger partial charge is 0.497 e. The first-order valence-electron chi connectivity index (χ1n) is 10.5. The summed E-state index contributed by atoms with van der Waals surface area (Å²) in [5.74, 6) is 1.86. The van der Waals surface area contributed by atoms with Gasteiger partial charge in [-0.15, -0.1) is 0 Å². The number of alkyl halides is 3. The summed E-state index contributed by atoms with van der Waals surface area (Å²) >= 11 is 10.0. The fourth-order valence-electron chi connectivity index (χ4n) is 3.08. The Kier molecular flexibility index (Phi) is 12.3. The summed E-state index contributed by atoms with van der Waals surface area (Å²) in [5, 5.41) is 3.68. The molecule has 1 saturated heterocycles. The maximum Gasteiger partial charge on any atom is 0.236 e. The van der Waals surface area contributed by atoms with Crippen molar-refractivity contribution in [2.45, 2.75) is 35.6 Å². The number of halogens is 3. The summed E-state index contributed by atoms with van der Waals surface area (Å²) in [4.78, 5) is 25.1. The zero-order chi connectivity index (χ0) is 24.2.